The Balaban J connectivity index is 1.65. The van der Waals surface area contributed by atoms with Crippen molar-refractivity contribution < 1.29 is 14.6 Å². The molecule has 0 radical (unpaired) electrons. The number of rotatable bonds is 5. The number of benzene rings is 2. The van der Waals surface area contributed by atoms with Gasteiger partial charge in [0.15, 0.2) is 5.65 Å². The van der Waals surface area contributed by atoms with Crippen LogP contribution in [0.5, 0.6) is 5.75 Å². The summed E-state index contributed by atoms with van der Waals surface area (Å²) >= 11 is 0. The van der Waals surface area contributed by atoms with E-state index in [1.165, 1.54) is 12.1 Å². The number of ether oxygens (including phenoxy) is 1. The first-order chi connectivity index (χ1) is 13.1. The summed E-state index contributed by atoms with van der Waals surface area (Å²) < 4.78 is 6.90. The Labute approximate surface area is 154 Å². The van der Waals surface area contributed by atoms with E-state index in [9.17, 15) is 4.79 Å². The summed E-state index contributed by atoms with van der Waals surface area (Å²) in [5.41, 5.74) is 2.41. The third-order valence-corrected chi connectivity index (χ3v) is 4.01. The van der Waals surface area contributed by atoms with Crippen molar-refractivity contribution in [2.45, 2.75) is 0 Å². The van der Waals surface area contributed by atoms with Crippen molar-refractivity contribution >= 4 is 28.6 Å². The normalized spacial score (nSPS) is 10.7. The van der Waals surface area contributed by atoms with E-state index < -0.39 is 5.97 Å². The SMILES string of the molecule is COc1ccc(-n2ncc3cnc(Nc4ccc(C(=O)O)cc4)nc32)cc1. The van der Waals surface area contributed by atoms with E-state index in [0.717, 1.165) is 16.8 Å². The van der Waals surface area contributed by atoms with Crippen molar-refractivity contribution in [2.75, 3.05) is 12.4 Å². The molecule has 2 N–H and O–H groups in total. The molecule has 0 saturated carbocycles. The van der Waals surface area contributed by atoms with E-state index in [4.69, 9.17) is 9.84 Å². The average molecular weight is 361 g/mol. The predicted octanol–water partition coefficient (Wildman–Crippen LogP) is 3.27. The van der Waals surface area contributed by atoms with Crippen molar-refractivity contribution in [1.82, 2.24) is 19.7 Å². The van der Waals surface area contributed by atoms with Crippen LogP contribution in [0.25, 0.3) is 16.7 Å². The maximum Gasteiger partial charge on any atom is 0.335 e. The molecular weight excluding hydrogens is 346 g/mol. The molecule has 0 fully saturated rings. The van der Waals surface area contributed by atoms with Gasteiger partial charge in [-0.05, 0) is 48.5 Å². The summed E-state index contributed by atoms with van der Waals surface area (Å²) in [6.45, 7) is 0. The van der Waals surface area contributed by atoms with E-state index in [1.807, 2.05) is 24.3 Å². The largest absolute Gasteiger partial charge is 0.497 e. The van der Waals surface area contributed by atoms with Gasteiger partial charge in [-0.1, -0.05) is 0 Å². The highest BCUT2D eigenvalue weighted by molar-refractivity contribution is 5.88. The van der Waals surface area contributed by atoms with Gasteiger partial charge < -0.3 is 15.2 Å². The lowest BCUT2D eigenvalue weighted by molar-refractivity contribution is 0.0697. The van der Waals surface area contributed by atoms with Gasteiger partial charge in [0.25, 0.3) is 0 Å². The maximum atomic E-state index is 10.9. The fourth-order valence-electron chi connectivity index (χ4n) is 2.62. The van der Waals surface area contributed by atoms with Gasteiger partial charge in [-0.25, -0.2) is 14.5 Å². The second-order valence-corrected chi connectivity index (χ2v) is 5.73. The molecule has 8 heteroatoms. The van der Waals surface area contributed by atoms with Gasteiger partial charge in [-0.2, -0.15) is 10.1 Å². The fourth-order valence-corrected chi connectivity index (χ4v) is 2.62. The lowest BCUT2D eigenvalue weighted by Crippen LogP contribution is -2.02. The minimum atomic E-state index is -0.970. The van der Waals surface area contributed by atoms with Gasteiger partial charge in [0.05, 0.1) is 29.9 Å². The number of fused-ring (bicyclic) bond motifs is 1. The molecule has 8 nitrogen and oxygen atoms in total. The molecule has 134 valence electrons. The van der Waals surface area contributed by atoms with Crippen LogP contribution >= 0.6 is 0 Å². The maximum absolute atomic E-state index is 10.9. The number of nitrogens with zero attached hydrogens (tertiary/aromatic N) is 4. The number of carboxylic acids is 1. The van der Waals surface area contributed by atoms with Crippen LogP contribution in [0.15, 0.2) is 60.9 Å². The summed E-state index contributed by atoms with van der Waals surface area (Å²) in [7, 11) is 1.62. The molecule has 4 rings (SSSR count). The molecule has 2 aromatic heterocycles. The molecule has 0 unspecified atom stereocenters. The highest BCUT2D eigenvalue weighted by Gasteiger charge is 2.09. The summed E-state index contributed by atoms with van der Waals surface area (Å²) in [5.74, 6) is 0.181. The van der Waals surface area contributed by atoms with E-state index >= 15 is 0 Å². The van der Waals surface area contributed by atoms with Gasteiger partial charge in [0.2, 0.25) is 5.95 Å². The number of nitrogens with one attached hydrogen (secondary N) is 1. The van der Waals surface area contributed by atoms with Crippen molar-refractivity contribution in [3.05, 3.63) is 66.5 Å². The molecule has 0 spiro atoms. The molecule has 0 aliphatic carbocycles. The van der Waals surface area contributed by atoms with E-state index in [2.05, 4.69) is 20.4 Å². The van der Waals surface area contributed by atoms with E-state index in [-0.39, 0.29) is 5.56 Å². The second kappa shape index (κ2) is 6.75. The topological polar surface area (TPSA) is 102 Å². The van der Waals surface area contributed by atoms with E-state index in [1.54, 1.807) is 36.3 Å². The first-order valence-electron chi connectivity index (χ1n) is 8.09. The minimum Gasteiger partial charge on any atom is -0.497 e. The Morgan fingerprint density at radius 1 is 1.07 bits per heavy atom. The molecule has 0 atom stereocenters. The Hall–Kier alpha value is -3.94. The van der Waals surface area contributed by atoms with Crippen LogP contribution in [0.1, 0.15) is 10.4 Å². The lowest BCUT2D eigenvalue weighted by Gasteiger charge is -2.07. The third kappa shape index (κ3) is 3.28. The molecule has 2 heterocycles. The Kier molecular flexibility index (Phi) is 4.13. The molecule has 0 aliphatic heterocycles. The lowest BCUT2D eigenvalue weighted by atomic mass is 10.2. The van der Waals surface area contributed by atoms with E-state index in [0.29, 0.717) is 17.3 Å². The van der Waals surface area contributed by atoms with Crippen LogP contribution in [0.2, 0.25) is 0 Å². The van der Waals surface area contributed by atoms with Gasteiger partial charge in [-0.3, -0.25) is 0 Å². The van der Waals surface area contributed by atoms with Crippen LogP contribution in [0.4, 0.5) is 11.6 Å². The number of carbonyl (C=O) groups is 1. The third-order valence-electron chi connectivity index (χ3n) is 4.01. The quantitative estimate of drug-likeness (QED) is 0.562. The number of aromatic carboxylic acids is 1. The smallest absolute Gasteiger partial charge is 0.335 e. The number of aromatic nitrogens is 4. The van der Waals surface area contributed by atoms with Crippen LogP contribution in [0.3, 0.4) is 0 Å². The van der Waals surface area contributed by atoms with Crippen molar-refractivity contribution in [3.63, 3.8) is 0 Å². The number of carboxylic acid groups (broad SMARTS) is 1. The zero-order valence-electron chi connectivity index (χ0n) is 14.3. The first kappa shape index (κ1) is 16.5. The molecule has 0 saturated heterocycles. The number of methoxy groups -OCH3 is 1. The van der Waals surface area contributed by atoms with Crippen LogP contribution in [0, 0.1) is 0 Å². The molecule has 0 aliphatic rings. The van der Waals surface area contributed by atoms with Crippen LogP contribution < -0.4 is 10.1 Å². The molecule has 4 aromatic rings. The molecule has 27 heavy (non-hydrogen) atoms. The Bertz CT molecular complexity index is 1100. The van der Waals surface area contributed by atoms with Gasteiger partial charge in [0.1, 0.15) is 5.75 Å². The second-order valence-electron chi connectivity index (χ2n) is 5.73. The standard InChI is InChI=1S/C19H15N5O3/c1-27-16-8-6-15(7-9-16)24-17-13(11-21-24)10-20-19(23-17)22-14-4-2-12(3-5-14)18(25)26/h2-11H,1H3,(H,25,26)(H,20,22,23). The highest BCUT2D eigenvalue weighted by Crippen LogP contribution is 2.21. The fraction of sp³-hybridized carbons (Fsp3) is 0.0526. The van der Waals surface area contributed by atoms with Gasteiger partial charge >= 0.3 is 5.97 Å². The first-order valence-corrected chi connectivity index (χ1v) is 8.09. The minimum absolute atomic E-state index is 0.217. The molecule has 0 bridgehead atoms. The van der Waals surface area contributed by atoms with Crippen molar-refractivity contribution in [2.24, 2.45) is 0 Å². The Morgan fingerprint density at radius 2 is 1.81 bits per heavy atom. The highest BCUT2D eigenvalue weighted by atomic mass is 16.5. The molecule has 0 amide bonds. The predicted molar refractivity (Wildman–Crippen MR) is 99.9 cm³/mol. The van der Waals surface area contributed by atoms with Gasteiger partial charge in [-0.15, -0.1) is 0 Å². The number of anilines is 2. The zero-order valence-corrected chi connectivity index (χ0v) is 14.3. The summed E-state index contributed by atoms with van der Waals surface area (Å²) in [5, 5.41) is 17.2. The van der Waals surface area contributed by atoms with Gasteiger partial charge in [0, 0.05) is 11.9 Å². The van der Waals surface area contributed by atoms with Crippen LogP contribution in [-0.2, 0) is 0 Å². The summed E-state index contributed by atoms with van der Waals surface area (Å²) in [6, 6.07) is 13.9. The monoisotopic (exact) mass is 361 g/mol. The van der Waals surface area contributed by atoms with Crippen molar-refractivity contribution in [3.8, 4) is 11.4 Å². The zero-order chi connectivity index (χ0) is 18.8. The number of hydrogen-bond donors (Lipinski definition) is 2. The van der Waals surface area contributed by atoms with Crippen LogP contribution in [-0.4, -0.2) is 37.9 Å². The summed E-state index contributed by atoms with van der Waals surface area (Å²) in [4.78, 5) is 19.8. The molecule has 2 aromatic carbocycles. The Morgan fingerprint density at radius 3 is 2.48 bits per heavy atom. The molecular formula is C19H15N5O3. The summed E-state index contributed by atoms with van der Waals surface area (Å²) in [6.07, 6.45) is 3.38. The van der Waals surface area contributed by atoms with Crippen molar-refractivity contribution in [1.29, 1.82) is 0 Å². The number of hydrogen-bond acceptors (Lipinski definition) is 6. The average Bonchev–Trinajstić information content (AvgIpc) is 3.12.